The van der Waals surface area contributed by atoms with E-state index in [2.05, 4.69) is 5.32 Å². The van der Waals surface area contributed by atoms with Gasteiger partial charge in [0.15, 0.2) is 0 Å². The van der Waals surface area contributed by atoms with Crippen LogP contribution in [0, 0.1) is 0 Å². The van der Waals surface area contributed by atoms with Crippen molar-refractivity contribution in [1.29, 1.82) is 0 Å². The second-order valence-corrected chi connectivity index (χ2v) is 9.56. The van der Waals surface area contributed by atoms with Crippen LogP contribution in [-0.4, -0.2) is 37.5 Å². The molecule has 0 spiro atoms. The Hall–Kier alpha value is -1.83. The van der Waals surface area contributed by atoms with E-state index in [9.17, 15) is 13.2 Å². The number of thioether (sulfide) groups is 1. The zero-order valence-electron chi connectivity index (χ0n) is 15.3. The maximum atomic E-state index is 12.5. The largest absolute Gasteiger partial charge is 0.349 e. The lowest BCUT2D eigenvalue weighted by molar-refractivity contribution is -0.119. The summed E-state index contributed by atoms with van der Waals surface area (Å²) in [5, 5.41) is 2.98. The fourth-order valence-electron chi connectivity index (χ4n) is 3.04. The van der Waals surface area contributed by atoms with Crippen LogP contribution >= 0.6 is 11.8 Å². The van der Waals surface area contributed by atoms with Gasteiger partial charge < -0.3 is 5.32 Å². The number of nitrogens with one attached hydrogen (secondary N) is 1. The van der Waals surface area contributed by atoms with Crippen LogP contribution < -0.4 is 5.32 Å². The minimum atomic E-state index is -3.39. The van der Waals surface area contributed by atoms with Crippen molar-refractivity contribution in [1.82, 2.24) is 9.62 Å². The number of rotatable bonds is 7. The van der Waals surface area contributed by atoms with Crippen LogP contribution in [0.3, 0.4) is 0 Å². The Labute approximate surface area is 165 Å². The third-order valence-corrected chi connectivity index (χ3v) is 7.50. The van der Waals surface area contributed by atoms with E-state index in [1.54, 1.807) is 24.3 Å². The zero-order chi connectivity index (χ0) is 19.3. The van der Waals surface area contributed by atoms with Gasteiger partial charge in [-0.3, -0.25) is 4.79 Å². The predicted octanol–water partition coefficient (Wildman–Crippen LogP) is 3.44. The van der Waals surface area contributed by atoms with E-state index in [1.165, 1.54) is 16.1 Å². The van der Waals surface area contributed by atoms with E-state index in [1.807, 2.05) is 37.3 Å². The number of nitrogens with zero attached hydrogens (tertiary/aromatic N) is 1. The quantitative estimate of drug-likeness (QED) is 0.718. The van der Waals surface area contributed by atoms with Crippen molar-refractivity contribution in [3.8, 4) is 0 Å². The first kappa shape index (κ1) is 19.9. The molecule has 0 radical (unpaired) electrons. The summed E-state index contributed by atoms with van der Waals surface area (Å²) in [7, 11) is -3.39. The van der Waals surface area contributed by atoms with Gasteiger partial charge in [-0.15, -0.1) is 11.8 Å². The van der Waals surface area contributed by atoms with Crippen LogP contribution in [-0.2, 0) is 14.8 Å². The van der Waals surface area contributed by atoms with Crippen molar-refractivity contribution in [2.75, 3.05) is 18.8 Å². The number of sulfonamides is 1. The van der Waals surface area contributed by atoms with Crippen molar-refractivity contribution in [3.05, 3.63) is 60.2 Å². The average molecular weight is 405 g/mol. The molecule has 0 unspecified atom stereocenters. The maximum absolute atomic E-state index is 12.5. The highest BCUT2D eigenvalue weighted by Crippen LogP contribution is 2.24. The van der Waals surface area contributed by atoms with E-state index in [4.69, 9.17) is 0 Å². The molecule has 144 valence electrons. The molecule has 0 aliphatic carbocycles. The summed E-state index contributed by atoms with van der Waals surface area (Å²) >= 11 is 1.40. The fourth-order valence-corrected chi connectivity index (χ4v) is 5.27. The Balaban J connectivity index is 1.53. The number of carbonyl (C=O) groups excluding carboxylic acids is 1. The molecule has 0 saturated carbocycles. The Morgan fingerprint density at radius 2 is 1.70 bits per heavy atom. The van der Waals surface area contributed by atoms with Gasteiger partial charge in [-0.25, -0.2) is 8.42 Å². The zero-order valence-corrected chi connectivity index (χ0v) is 16.9. The standard InChI is InChI=1S/C20H24N2O3S2/c1-16(17-7-3-2-4-8-17)21-20(23)15-26-18-9-11-19(12-10-18)27(24,25)22-13-5-6-14-22/h2-4,7-12,16H,5-6,13-15H2,1H3,(H,21,23)/t16-/m1/s1. The molecule has 1 aliphatic heterocycles. The van der Waals surface area contributed by atoms with Gasteiger partial charge in [-0.1, -0.05) is 30.3 Å². The van der Waals surface area contributed by atoms with Gasteiger partial charge in [0.05, 0.1) is 16.7 Å². The minimum Gasteiger partial charge on any atom is -0.349 e. The topological polar surface area (TPSA) is 66.5 Å². The Morgan fingerprint density at radius 1 is 1.07 bits per heavy atom. The molecule has 27 heavy (non-hydrogen) atoms. The summed E-state index contributed by atoms with van der Waals surface area (Å²) in [4.78, 5) is 13.4. The van der Waals surface area contributed by atoms with Gasteiger partial charge in [0.25, 0.3) is 0 Å². The lowest BCUT2D eigenvalue weighted by atomic mass is 10.1. The normalized spacial score (nSPS) is 16.2. The molecular formula is C20H24N2O3S2. The molecule has 0 aromatic heterocycles. The molecule has 1 N–H and O–H groups in total. The van der Waals surface area contributed by atoms with Gasteiger partial charge >= 0.3 is 0 Å². The summed E-state index contributed by atoms with van der Waals surface area (Å²) in [5.41, 5.74) is 1.06. The Kier molecular flexibility index (Phi) is 6.57. The molecule has 7 heteroatoms. The third-order valence-electron chi connectivity index (χ3n) is 4.57. The molecule has 1 saturated heterocycles. The molecule has 5 nitrogen and oxygen atoms in total. The summed E-state index contributed by atoms with van der Waals surface area (Å²) in [6.07, 6.45) is 1.84. The SMILES string of the molecule is C[C@@H](NC(=O)CSc1ccc(S(=O)(=O)N2CCCC2)cc1)c1ccccc1. The lowest BCUT2D eigenvalue weighted by Crippen LogP contribution is -2.28. The molecule has 1 fully saturated rings. The van der Waals surface area contributed by atoms with E-state index < -0.39 is 10.0 Å². The van der Waals surface area contributed by atoms with E-state index in [-0.39, 0.29) is 17.7 Å². The second-order valence-electron chi connectivity index (χ2n) is 6.57. The van der Waals surface area contributed by atoms with Crippen molar-refractivity contribution >= 4 is 27.7 Å². The predicted molar refractivity (Wildman–Crippen MR) is 108 cm³/mol. The van der Waals surface area contributed by atoms with Gasteiger partial charge in [0.1, 0.15) is 0 Å². The first-order valence-electron chi connectivity index (χ1n) is 9.04. The molecular weight excluding hydrogens is 380 g/mol. The number of hydrogen-bond donors (Lipinski definition) is 1. The van der Waals surface area contributed by atoms with Gasteiger partial charge in [-0.05, 0) is 49.6 Å². The average Bonchev–Trinajstić information content (AvgIpc) is 3.23. The van der Waals surface area contributed by atoms with Crippen LogP contribution in [0.5, 0.6) is 0 Å². The van der Waals surface area contributed by atoms with Crippen LogP contribution in [0.1, 0.15) is 31.4 Å². The van der Waals surface area contributed by atoms with E-state index in [0.29, 0.717) is 18.0 Å². The fraction of sp³-hybridized carbons (Fsp3) is 0.350. The molecule has 0 bridgehead atoms. The monoisotopic (exact) mass is 404 g/mol. The van der Waals surface area contributed by atoms with Gasteiger partial charge in [-0.2, -0.15) is 4.31 Å². The molecule has 1 amide bonds. The van der Waals surface area contributed by atoms with E-state index in [0.717, 1.165) is 23.3 Å². The smallest absolute Gasteiger partial charge is 0.243 e. The van der Waals surface area contributed by atoms with Gasteiger partial charge in [0.2, 0.25) is 15.9 Å². The van der Waals surface area contributed by atoms with Crippen LogP contribution in [0.25, 0.3) is 0 Å². The van der Waals surface area contributed by atoms with Gasteiger partial charge in [0, 0.05) is 18.0 Å². The molecule has 1 atom stereocenters. The van der Waals surface area contributed by atoms with Crippen LogP contribution in [0.15, 0.2) is 64.4 Å². The number of benzene rings is 2. The summed E-state index contributed by atoms with van der Waals surface area (Å²) in [5.74, 6) is 0.236. The highest BCUT2D eigenvalue weighted by molar-refractivity contribution is 8.00. The summed E-state index contributed by atoms with van der Waals surface area (Å²) in [6.45, 7) is 3.15. The van der Waals surface area contributed by atoms with Crippen LogP contribution in [0.4, 0.5) is 0 Å². The number of amides is 1. The molecule has 3 rings (SSSR count). The highest BCUT2D eigenvalue weighted by atomic mass is 32.2. The molecule has 2 aromatic carbocycles. The highest BCUT2D eigenvalue weighted by Gasteiger charge is 2.26. The van der Waals surface area contributed by atoms with Crippen molar-refractivity contribution < 1.29 is 13.2 Å². The molecule has 1 aliphatic rings. The first-order valence-corrected chi connectivity index (χ1v) is 11.5. The molecule has 2 aromatic rings. The second kappa shape index (κ2) is 8.91. The van der Waals surface area contributed by atoms with Crippen molar-refractivity contribution in [2.24, 2.45) is 0 Å². The summed E-state index contributed by atoms with van der Waals surface area (Å²) in [6, 6.07) is 16.5. The maximum Gasteiger partial charge on any atom is 0.243 e. The third kappa shape index (κ3) is 5.12. The summed E-state index contributed by atoms with van der Waals surface area (Å²) < 4.78 is 26.6. The first-order chi connectivity index (χ1) is 13.0. The lowest BCUT2D eigenvalue weighted by Gasteiger charge is -2.16. The number of hydrogen-bond acceptors (Lipinski definition) is 4. The molecule has 1 heterocycles. The van der Waals surface area contributed by atoms with Crippen molar-refractivity contribution in [3.63, 3.8) is 0 Å². The Morgan fingerprint density at radius 3 is 2.33 bits per heavy atom. The van der Waals surface area contributed by atoms with Crippen LogP contribution in [0.2, 0.25) is 0 Å². The minimum absolute atomic E-state index is 0.0488. The van der Waals surface area contributed by atoms with Crippen molar-refractivity contribution in [2.45, 2.75) is 35.6 Å². The Bertz CT molecular complexity index is 862. The number of carbonyl (C=O) groups is 1. The van der Waals surface area contributed by atoms with E-state index >= 15 is 0 Å².